The van der Waals surface area contributed by atoms with Gasteiger partial charge in [-0.3, -0.25) is 14.5 Å². The first-order chi connectivity index (χ1) is 33.6. The van der Waals surface area contributed by atoms with Gasteiger partial charge in [-0.15, -0.1) is 0 Å². The summed E-state index contributed by atoms with van der Waals surface area (Å²) in [4.78, 5) is 63.5. The molecule has 0 N–H and O–H groups in total. The molecule has 0 amide bonds. The number of esters is 3. The molecule has 4 aromatic carbocycles. The molecule has 3 saturated heterocycles. The molecule has 72 heavy (non-hydrogen) atoms. The first-order valence-corrected chi connectivity index (χ1v) is 25.9. The van der Waals surface area contributed by atoms with Gasteiger partial charge >= 0.3 is 17.9 Å². The van der Waals surface area contributed by atoms with E-state index in [4.69, 9.17) is 28.7 Å². The zero-order chi connectivity index (χ0) is 52.6. The first kappa shape index (κ1) is 54.8. The number of ether oxygens (including phenoxy) is 3. The van der Waals surface area contributed by atoms with Crippen molar-refractivity contribution in [1.82, 2.24) is 15.2 Å². The van der Waals surface area contributed by atoms with Gasteiger partial charge in [0, 0.05) is 71.8 Å². The highest BCUT2D eigenvalue weighted by Gasteiger charge is 2.51. The molecule has 3 atom stereocenters. The Morgan fingerprint density at radius 3 is 0.764 bits per heavy atom. The van der Waals surface area contributed by atoms with Crippen molar-refractivity contribution in [1.29, 1.82) is 0 Å². The third-order valence-corrected chi connectivity index (χ3v) is 14.7. The number of rotatable bonds is 15. The highest BCUT2D eigenvalue weighted by Crippen LogP contribution is 2.45. The predicted octanol–water partition coefficient (Wildman–Crippen LogP) is 13.3. The van der Waals surface area contributed by atoms with Gasteiger partial charge in [0.15, 0.2) is 0 Å². The summed E-state index contributed by atoms with van der Waals surface area (Å²) < 4.78 is 19.1. The fourth-order valence-corrected chi connectivity index (χ4v) is 12.1. The van der Waals surface area contributed by atoms with Gasteiger partial charge in [0.1, 0.15) is 36.6 Å². The molecule has 3 aliphatic rings. The maximum atomic E-state index is 14.5. The highest BCUT2D eigenvalue weighted by molar-refractivity contribution is 6.00. The molecule has 0 aliphatic carbocycles. The standard InChI is InChI=1S/C60H81N3O9/c1-40(43-25-19-16-20-26-43)70-61-55(4,5)34-49(35-56(61,6)7)67-52(64)46-31-47(53(65)68-50-36-57(8,9)62(58(10,11)37-50)71-41(2)44-27-21-17-22-28-44)33-48(32-46)54(66)69-51-38-59(12,13)63(60(14,15)39-51)72-42(3)45-29-23-18-24-30-45/h16-33,40-42,49-51H,34-39H2,1-15H3. The minimum Gasteiger partial charge on any atom is -0.459 e. The van der Waals surface area contributed by atoms with Crippen molar-refractivity contribution in [3.05, 3.63) is 143 Å². The van der Waals surface area contributed by atoms with Gasteiger partial charge in [0.25, 0.3) is 0 Å². The van der Waals surface area contributed by atoms with Crippen LogP contribution in [0, 0.1) is 0 Å². The number of hydroxylamine groups is 6. The summed E-state index contributed by atoms with van der Waals surface area (Å²) in [6.45, 7) is 31.1. The van der Waals surface area contributed by atoms with Gasteiger partial charge in [-0.2, -0.15) is 15.2 Å². The minimum atomic E-state index is -0.650. The van der Waals surface area contributed by atoms with E-state index in [9.17, 15) is 14.4 Å². The lowest BCUT2D eigenvalue weighted by molar-refractivity contribution is -0.313. The number of carbonyl (C=O) groups is 3. The van der Waals surface area contributed by atoms with E-state index in [0.29, 0.717) is 38.5 Å². The molecule has 3 heterocycles. The largest absolute Gasteiger partial charge is 0.459 e. The van der Waals surface area contributed by atoms with Crippen molar-refractivity contribution in [2.75, 3.05) is 0 Å². The van der Waals surface area contributed by atoms with Crippen molar-refractivity contribution in [3.8, 4) is 0 Å². The Morgan fingerprint density at radius 1 is 0.375 bits per heavy atom. The third kappa shape index (κ3) is 12.7. The molecule has 390 valence electrons. The first-order valence-electron chi connectivity index (χ1n) is 25.9. The van der Waals surface area contributed by atoms with Crippen LogP contribution in [0.25, 0.3) is 0 Å². The lowest BCUT2D eigenvalue weighted by Crippen LogP contribution is -2.62. The maximum Gasteiger partial charge on any atom is 0.338 e. The van der Waals surface area contributed by atoms with Crippen molar-refractivity contribution in [2.45, 2.75) is 212 Å². The van der Waals surface area contributed by atoms with Crippen LogP contribution >= 0.6 is 0 Å². The summed E-state index contributed by atoms with van der Waals surface area (Å²) in [7, 11) is 0. The van der Waals surface area contributed by atoms with Crippen LogP contribution in [0.1, 0.15) is 208 Å². The van der Waals surface area contributed by atoms with Crippen molar-refractivity contribution < 1.29 is 43.1 Å². The van der Waals surface area contributed by atoms with E-state index >= 15 is 0 Å². The third-order valence-electron chi connectivity index (χ3n) is 14.7. The highest BCUT2D eigenvalue weighted by atomic mass is 16.7. The Morgan fingerprint density at radius 2 is 0.569 bits per heavy atom. The van der Waals surface area contributed by atoms with Gasteiger partial charge in [-0.05, 0) is 139 Å². The average Bonchev–Trinajstić information content (AvgIpc) is 3.29. The topological polar surface area (TPSA) is 116 Å². The van der Waals surface area contributed by atoms with Crippen LogP contribution < -0.4 is 0 Å². The van der Waals surface area contributed by atoms with Gasteiger partial charge < -0.3 is 14.2 Å². The lowest BCUT2D eigenvalue weighted by atomic mass is 9.80. The summed E-state index contributed by atoms with van der Waals surface area (Å²) in [5.74, 6) is -1.95. The molecule has 0 spiro atoms. The van der Waals surface area contributed by atoms with Crippen LogP contribution in [0.5, 0.6) is 0 Å². The van der Waals surface area contributed by atoms with E-state index in [1.54, 1.807) is 0 Å². The number of hydrogen-bond acceptors (Lipinski definition) is 12. The normalized spacial score (nSPS) is 22.5. The summed E-state index contributed by atoms with van der Waals surface area (Å²) in [6.07, 6.45) is 0.800. The smallest absolute Gasteiger partial charge is 0.338 e. The molecule has 7 rings (SSSR count). The van der Waals surface area contributed by atoms with Crippen LogP contribution in [-0.2, 0) is 28.7 Å². The average molecular weight is 988 g/mol. The number of hydrogen-bond donors (Lipinski definition) is 0. The predicted molar refractivity (Wildman–Crippen MR) is 280 cm³/mol. The van der Waals surface area contributed by atoms with E-state index in [0.717, 1.165) is 16.7 Å². The molecule has 0 aromatic heterocycles. The van der Waals surface area contributed by atoms with Crippen LogP contribution in [-0.4, -0.2) is 84.6 Å². The SMILES string of the molecule is CC(ON1C(C)(C)CC(OC(=O)c2cc(C(=O)OC3CC(C)(C)N(OC(C)c4ccccc4)C(C)(C)C3)cc(C(=O)OC3CC(C)(C)N(OC(C)c4ccccc4)C(C)(C)C3)c2)CC1(C)C)c1ccccc1. The molecule has 0 radical (unpaired) electrons. The Bertz CT molecular complexity index is 2170. The second-order valence-electron chi connectivity index (χ2n) is 24.3. The molecular formula is C60H81N3O9. The van der Waals surface area contributed by atoms with Crippen molar-refractivity contribution >= 4 is 17.9 Å². The monoisotopic (exact) mass is 988 g/mol. The van der Waals surface area contributed by atoms with Gasteiger partial charge in [-0.1, -0.05) is 91.0 Å². The molecule has 0 saturated carbocycles. The van der Waals surface area contributed by atoms with Crippen molar-refractivity contribution in [3.63, 3.8) is 0 Å². The number of nitrogens with zero attached hydrogens (tertiary/aromatic N) is 3. The molecule has 3 aliphatic heterocycles. The second-order valence-corrected chi connectivity index (χ2v) is 24.3. The Balaban J connectivity index is 1.12. The molecule has 0 bridgehead atoms. The summed E-state index contributed by atoms with van der Waals surface area (Å²) in [6, 6.07) is 34.7. The molecule has 3 fully saturated rings. The van der Waals surface area contributed by atoms with E-state index < -0.39 is 69.5 Å². The maximum absolute atomic E-state index is 14.5. The van der Waals surface area contributed by atoms with E-state index in [1.165, 1.54) is 18.2 Å². The number of benzene rings is 4. The van der Waals surface area contributed by atoms with Gasteiger partial charge in [-0.25, -0.2) is 14.4 Å². The summed E-state index contributed by atoms with van der Waals surface area (Å²) in [5, 5.41) is 6.12. The quantitative estimate of drug-likeness (QED) is 0.0834. The second kappa shape index (κ2) is 21.1. The Hall–Kier alpha value is -4.95. The molecular weight excluding hydrogens is 907 g/mol. The van der Waals surface area contributed by atoms with Crippen LogP contribution in [0.2, 0.25) is 0 Å². The van der Waals surface area contributed by atoms with Gasteiger partial charge in [0.2, 0.25) is 0 Å². The summed E-state index contributed by atoms with van der Waals surface area (Å²) >= 11 is 0. The number of carbonyl (C=O) groups excluding carboxylic acids is 3. The van der Waals surface area contributed by atoms with Crippen molar-refractivity contribution in [2.24, 2.45) is 0 Å². The fraction of sp³-hybridized carbons (Fsp3) is 0.550. The van der Waals surface area contributed by atoms with Crippen LogP contribution in [0.3, 0.4) is 0 Å². The van der Waals surface area contributed by atoms with E-state index in [2.05, 4.69) is 119 Å². The lowest BCUT2D eigenvalue weighted by Gasteiger charge is -2.54. The molecule has 12 heteroatoms. The Kier molecular flexibility index (Phi) is 16.1. The van der Waals surface area contributed by atoms with Gasteiger partial charge in [0.05, 0.1) is 16.7 Å². The van der Waals surface area contributed by atoms with Crippen LogP contribution in [0.15, 0.2) is 109 Å². The Labute approximate surface area is 429 Å². The molecule has 12 nitrogen and oxygen atoms in total. The fourth-order valence-electron chi connectivity index (χ4n) is 12.1. The number of piperidine rings is 3. The molecule has 3 unspecified atom stereocenters. The molecule has 4 aromatic rings. The van der Waals surface area contributed by atoms with E-state index in [1.807, 2.05) is 90.6 Å². The van der Waals surface area contributed by atoms with Crippen LogP contribution in [0.4, 0.5) is 0 Å². The van der Waals surface area contributed by atoms with E-state index in [-0.39, 0.29) is 35.0 Å². The zero-order valence-electron chi connectivity index (χ0n) is 45.6. The minimum absolute atomic E-state index is 0.0564. The summed E-state index contributed by atoms with van der Waals surface area (Å²) in [5.41, 5.74) is 0.186. The zero-order valence-corrected chi connectivity index (χ0v) is 45.6.